The number of hydrogen-bond acceptors (Lipinski definition) is 5. The zero-order valence-electron chi connectivity index (χ0n) is 17.0. The Hall–Kier alpha value is -3.15. The van der Waals surface area contributed by atoms with Gasteiger partial charge in [0.05, 0.1) is 12.2 Å². The first-order valence-corrected chi connectivity index (χ1v) is 11.0. The molecule has 174 valence electrons. The van der Waals surface area contributed by atoms with Gasteiger partial charge < -0.3 is 9.32 Å². The number of carbonyl (C=O) groups is 1. The van der Waals surface area contributed by atoms with E-state index in [-0.39, 0.29) is 29.2 Å². The van der Waals surface area contributed by atoms with Gasteiger partial charge in [-0.1, -0.05) is 6.07 Å². The van der Waals surface area contributed by atoms with Gasteiger partial charge in [-0.25, -0.2) is 18.0 Å². The molecule has 1 aliphatic rings. The van der Waals surface area contributed by atoms with Crippen LogP contribution >= 0.6 is 11.8 Å². The summed E-state index contributed by atoms with van der Waals surface area (Å²) in [6.07, 6.45) is -2.97. The maximum absolute atomic E-state index is 14.9. The highest BCUT2D eigenvalue weighted by Gasteiger charge is 2.27. The number of amides is 2. The molecule has 0 bridgehead atoms. The summed E-state index contributed by atoms with van der Waals surface area (Å²) < 4.78 is 73.4. The molecule has 2 aromatic carbocycles. The van der Waals surface area contributed by atoms with Crippen molar-refractivity contribution in [3.8, 4) is 11.5 Å². The van der Waals surface area contributed by atoms with Gasteiger partial charge in [-0.05, 0) is 24.3 Å². The Balaban J connectivity index is 1.65. The van der Waals surface area contributed by atoms with Gasteiger partial charge in [0, 0.05) is 41.8 Å². The Kier molecular flexibility index (Phi) is 6.82. The molecule has 33 heavy (non-hydrogen) atoms. The highest BCUT2D eigenvalue weighted by Crippen LogP contribution is 2.28. The topological polar surface area (TPSA) is 62.5 Å². The van der Waals surface area contributed by atoms with E-state index in [1.54, 1.807) is 11.8 Å². The average molecular weight is 484 g/mol. The fourth-order valence-corrected chi connectivity index (χ4v) is 4.20. The van der Waals surface area contributed by atoms with Gasteiger partial charge in [0.1, 0.15) is 17.5 Å². The molecule has 0 radical (unpaired) electrons. The molecule has 2 heterocycles. The summed E-state index contributed by atoms with van der Waals surface area (Å²) in [5, 5.41) is 6.67. The smallest absolute Gasteiger partial charge is 0.324 e. The molecule has 0 unspecified atom stereocenters. The molecule has 0 saturated carbocycles. The van der Waals surface area contributed by atoms with Crippen molar-refractivity contribution in [3.63, 3.8) is 0 Å². The number of nitrogens with zero attached hydrogens (tertiary/aromatic N) is 4. The van der Waals surface area contributed by atoms with Crippen molar-refractivity contribution in [2.75, 3.05) is 29.5 Å². The zero-order chi connectivity index (χ0) is 23.5. The molecule has 1 saturated heterocycles. The summed E-state index contributed by atoms with van der Waals surface area (Å²) in [7, 11) is 0. The van der Waals surface area contributed by atoms with Crippen molar-refractivity contribution in [2.24, 2.45) is 0 Å². The number of rotatable bonds is 5. The number of thioether (sulfide) groups is 1. The minimum Gasteiger partial charge on any atom is -0.415 e. The van der Waals surface area contributed by atoms with Crippen LogP contribution in [0.1, 0.15) is 17.9 Å². The lowest BCUT2D eigenvalue weighted by molar-refractivity contribution is 0.116. The van der Waals surface area contributed by atoms with E-state index >= 15 is 0 Å². The van der Waals surface area contributed by atoms with Crippen LogP contribution in [-0.2, 0) is 6.54 Å². The maximum atomic E-state index is 14.9. The normalized spacial score (nSPS) is 14.1. The highest BCUT2D eigenvalue weighted by molar-refractivity contribution is 7.99. The van der Waals surface area contributed by atoms with Crippen LogP contribution in [0, 0.1) is 17.5 Å². The number of benzene rings is 2. The lowest BCUT2D eigenvalue weighted by Crippen LogP contribution is -2.47. The van der Waals surface area contributed by atoms with Gasteiger partial charge in [0.25, 0.3) is 5.89 Å². The van der Waals surface area contributed by atoms with Crippen LogP contribution in [0.15, 0.2) is 40.8 Å². The second kappa shape index (κ2) is 9.77. The second-order valence-electron chi connectivity index (χ2n) is 7.12. The molecule has 4 rings (SSSR count). The third kappa shape index (κ3) is 5.10. The van der Waals surface area contributed by atoms with Crippen molar-refractivity contribution in [2.45, 2.75) is 13.0 Å². The molecule has 1 aromatic heterocycles. The summed E-state index contributed by atoms with van der Waals surface area (Å²) in [4.78, 5) is 15.6. The molecule has 0 aliphatic carbocycles. The number of halogens is 5. The van der Waals surface area contributed by atoms with Crippen LogP contribution < -0.4 is 4.90 Å². The lowest BCUT2D eigenvalue weighted by Gasteiger charge is -2.33. The molecule has 1 aliphatic heterocycles. The van der Waals surface area contributed by atoms with Gasteiger partial charge in [-0.3, -0.25) is 4.90 Å². The van der Waals surface area contributed by atoms with Crippen molar-refractivity contribution in [1.82, 2.24) is 15.1 Å². The fraction of sp³-hybridized carbons (Fsp3) is 0.286. The molecule has 2 amide bonds. The third-order valence-corrected chi connectivity index (χ3v) is 5.91. The second-order valence-corrected chi connectivity index (χ2v) is 8.34. The number of carbonyl (C=O) groups excluding carboxylic acids is 1. The van der Waals surface area contributed by atoms with Gasteiger partial charge in [-0.2, -0.15) is 20.5 Å². The molecule has 0 atom stereocenters. The van der Waals surface area contributed by atoms with Gasteiger partial charge in [-0.15, -0.1) is 10.2 Å². The van der Waals surface area contributed by atoms with E-state index < -0.39 is 35.8 Å². The summed E-state index contributed by atoms with van der Waals surface area (Å²) in [5.41, 5.74) is -0.269. The van der Waals surface area contributed by atoms with E-state index in [2.05, 4.69) is 10.2 Å². The lowest BCUT2D eigenvalue weighted by atomic mass is 10.1. The maximum Gasteiger partial charge on any atom is 0.324 e. The Bertz CT molecular complexity index is 1150. The van der Waals surface area contributed by atoms with Crippen molar-refractivity contribution < 1.29 is 31.2 Å². The standard InChI is InChI=1S/C21H17F5N4O2S/c22-14-3-4-15(23)17(10-14)30(21(31)29-5-7-33-8-6-29)11-13-2-1-12(9-16(13)24)19-27-28-20(32-19)18(25)26/h1-4,9-10,18H,5-8,11H2. The molecule has 1 fully saturated rings. The zero-order valence-corrected chi connectivity index (χ0v) is 17.8. The number of aromatic nitrogens is 2. The van der Waals surface area contributed by atoms with Crippen LogP contribution in [0.2, 0.25) is 0 Å². The van der Waals surface area contributed by atoms with E-state index in [9.17, 15) is 26.7 Å². The first-order valence-electron chi connectivity index (χ1n) is 9.83. The fourth-order valence-electron chi connectivity index (χ4n) is 3.29. The molecule has 6 nitrogen and oxygen atoms in total. The van der Waals surface area contributed by atoms with Crippen LogP contribution in [-0.4, -0.2) is 45.7 Å². The Morgan fingerprint density at radius 1 is 1.06 bits per heavy atom. The molecule has 0 spiro atoms. The Labute approximate surface area is 189 Å². The van der Waals surface area contributed by atoms with Crippen LogP contribution in [0.4, 0.5) is 32.4 Å². The van der Waals surface area contributed by atoms with E-state index in [0.717, 1.165) is 29.2 Å². The van der Waals surface area contributed by atoms with E-state index in [1.807, 2.05) is 0 Å². The quantitative estimate of drug-likeness (QED) is 0.462. The van der Waals surface area contributed by atoms with Crippen molar-refractivity contribution in [1.29, 1.82) is 0 Å². The predicted octanol–water partition coefficient (Wildman–Crippen LogP) is 5.27. The van der Waals surface area contributed by atoms with E-state index in [4.69, 9.17) is 4.42 Å². The third-order valence-electron chi connectivity index (χ3n) is 4.97. The van der Waals surface area contributed by atoms with E-state index in [1.165, 1.54) is 17.0 Å². The molecule has 3 aromatic rings. The number of alkyl halides is 2. The van der Waals surface area contributed by atoms with Crippen molar-refractivity contribution >= 4 is 23.5 Å². The van der Waals surface area contributed by atoms with E-state index in [0.29, 0.717) is 24.6 Å². The van der Waals surface area contributed by atoms with Crippen LogP contribution in [0.5, 0.6) is 0 Å². The molecular formula is C21H17F5N4O2S. The first-order chi connectivity index (χ1) is 15.8. The minimum absolute atomic E-state index is 0.00394. The Morgan fingerprint density at radius 2 is 1.82 bits per heavy atom. The SMILES string of the molecule is O=C(N1CCSCC1)N(Cc1ccc(-c2nnc(C(F)F)o2)cc1F)c1cc(F)ccc1F. The van der Waals surface area contributed by atoms with Crippen LogP contribution in [0.3, 0.4) is 0 Å². The number of anilines is 1. The first kappa shape index (κ1) is 23.0. The summed E-state index contributed by atoms with van der Waals surface area (Å²) in [6, 6.07) is 5.74. The molecule has 0 N–H and O–H groups in total. The molecule has 12 heteroatoms. The summed E-state index contributed by atoms with van der Waals surface area (Å²) >= 11 is 1.67. The summed E-state index contributed by atoms with van der Waals surface area (Å²) in [6.45, 7) is 0.449. The predicted molar refractivity (Wildman–Crippen MR) is 111 cm³/mol. The average Bonchev–Trinajstić information content (AvgIpc) is 3.31. The minimum atomic E-state index is -2.97. The highest BCUT2D eigenvalue weighted by atomic mass is 32.2. The molecular weight excluding hydrogens is 467 g/mol. The Morgan fingerprint density at radius 3 is 2.48 bits per heavy atom. The number of hydrogen-bond donors (Lipinski definition) is 0. The van der Waals surface area contributed by atoms with Crippen molar-refractivity contribution in [3.05, 3.63) is 65.3 Å². The number of urea groups is 1. The van der Waals surface area contributed by atoms with Crippen LogP contribution in [0.25, 0.3) is 11.5 Å². The van der Waals surface area contributed by atoms with Gasteiger partial charge in [0.15, 0.2) is 0 Å². The monoisotopic (exact) mass is 484 g/mol. The summed E-state index contributed by atoms with van der Waals surface area (Å²) in [5.74, 6) is -2.21. The largest absolute Gasteiger partial charge is 0.415 e. The van der Waals surface area contributed by atoms with Gasteiger partial charge in [0.2, 0.25) is 5.89 Å². The van der Waals surface area contributed by atoms with Gasteiger partial charge >= 0.3 is 12.5 Å².